The molecule has 3 aromatic carbocycles. The largest absolute Gasteiger partial charge is 0.478 e. The summed E-state index contributed by atoms with van der Waals surface area (Å²) < 4.78 is 56.0. The summed E-state index contributed by atoms with van der Waals surface area (Å²) in [6.45, 7) is 1.17. The van der Waals surface area contributed by atoms with Crippen LogP contribution in [0.25, 0.3) is 11.1 Å². The Kier molecular flexibility index (Phi) is 6.50. The maximum Gasteiger partial charge on any atom is 0.422 e. The van der Waals surface area contributed by atoms with Crippen LogP contribution in [-0.4, -0.2) is 22.4 Å². The molecule has 0 radical (unpaired) electrons. The van der Waals surface area contributed by atoms with Crippen molar-refractivity contribution in [2.24, 2.45) is 0 Å². The first-order chi connectivity index (χ1) is 15.4. The first kappa shape index (κ1) is 24.2. The molecule has 0 heterocycles. The number of nitrogens with zero attached hydrogens (tertiary/aromatic N) is 1. The van der Waals surface area contributed by atoms with Gasteiger partial charge < -0.3 is 10.2 Å². The van der Waals surface area contributed by atoms with Crippen LogP contribution in [0.5, 0.6) is 0 Å². The molecule has 4 nitrogen and oxygen atoms in total. The molecule has 2 atom stereocenters. The Bertz CT molecular complexity index is 1250. The highest BCUT2D eigenvalue weighted by Gasteiger charge is 2.58. The van der Waals surface area contributed by atoms with Gasteiger partial charge >= 0.3 is 12.1 Å². The van der Waals surface area contributed by atoms with Crippen molar-refractivity contribution in [3.8, 4) is 17.2 Å². The summed E-state index contributed by atoms with van der Waals surface area (Å²) in [7, 11) is 0. The number of benzene rings is 3. The molecule has 2 N–H and O–H groups in total. The predicted molar refractivity (Wildman–Crippen MR) is 113 cm³/mol. The highest BCUT2D eigenvalue weighted by molar-refractivity contribution is 6.31. The molecule has 33 heavy (non-hydrogen) atoms. The van der Waals surface area contributed by atoms with Gasteiger partial charge in [-0.2, -0.15) is 18.4 Å². The third kappa shape index (κ3) is 4.42. The number of alkyl halides is 3. The minimum absolute atomic E-state index is 0.00910. The van der Waals surface area contributed by atoms with Gasteiger partial charge in [0.2, 0.25) is 0 Å². The molecular formula is C24H16ClF4NO3. The van der Waals surface area contributed by atoms with E-state index in [-0.39, 0.29) is 16.1 Å². The van der Waals surface area contributed by atoms with E-state index in [2.05, 4.69) is 0 Å². The number of aliphatic hydroxyl groups is 1. The molecule has 0 amide bonds. The molecule has 3 aromatic rings. The van der Waals surface area contributed by atoms with Crippen LogP contribution in [-0.2, 0) is 5.60 Å². The van der Waals surface area contributed by atoms with E-state index in [1.807, 2.05) is 0 Å². The number of rotatable bonds is 5. The van der Waals surface area contributed by atoms with Crippen molar-refractivity contribution in [2.45, 2.75) is 24.6 Å². The fourth-order valence-electron chi connectivity index (χ4n) is 3.61. The number of halogens is 5. The minimum Gasteiger partial charge on any atom is -0.478 e. The summed E-state index contributed by atoms with van der Waals surface area (Å²) >= 11 is 6.29. The van der Waals surface area contributed by atoms with Crippen molar-refractivity contribution < 1.29 is 32.6 Å². The van der Waals surface area contributed by atoms with E-state index in [1.54, 1.807) is 6.07 Å². The van der Waals surface area contributed by atoms with E-state index in [0.717, 1.165) is 24.3 Å². The first-order valence-electron chi connectivity index (χ1n) is 9.52. The highest BCUT2D eigenvalue weighted by Crippen LogP contribution is 2.50. The van der Waals surface area contributed by atoms with Gasteiger partial charge in [0.05, 0.1) is 17.2 Å². The number of carbonyl (C=O) groups is 1. The Labute approximate surface area is 191 Å². The summed E-state index contributed by atoms with van der Waals surface area (Å²) in [5.41, 5.74) is -3.54. The SMILES string of the molecule is CC(c1ccc(-c2ccc(F)c(C(=O)O)c2)cc1Cl)C(O)(c1ccc(C#N)cc1)C(F)(F)F. The lowest BCUT2D eigenvalue weighted by Crippen LogP contribution is -2.46. The fourth-order valence-corrected chi connectivity index (χ4v) is 3.95. The lowest BCUT2D eigenvalue weighted by molar-refractivity contribution is -0.274. The summed E-state index contributed by atoms with van der Waals surface area (Å²) in [6.07, 6.45) is -5.07. The van der Waals surface area contributed by atoms with Crippen molar-refractivity contribution in [1.29, 1.82) is 5.26 Å². The average molecular weight is 478 g/mol. The summed E-state index contributed by atoms with van der Waals surface area (Å²) in [6, 6.07) is 13.6. The monoisotopic (exact) mass is 477 g/mol. The zero-order valence-electron chi connectivity index (χ0n) is 17.0. The zero-order valence-corrected chi connectivity index (χ0v) is 17.7. The Hall–Kier alpha value is -3.41. The van der Waals surface area contributed by atoms with E-state index < -0.39 is 40.6 Å². The van der Waals surface area contributed by atoms with Crippen LogP contribution < -0.4 is 0 Å². The van der Waals surface area contributed by atoms with E-state index in [0.29, 0.717) is 11.1 Å². The number of aromatic carboxylic acids is 1. The van der Waals surface area contributed by atoms with Gasteiger partial charge in [0.1, 0.15) is 5.82 Å². The smallest absolute Gasteiger partial charge is 0.422 e. The quantitative estimate of drug-likeness (QED) is 0.424. The van der Waals surface area contributed by atoms with Crippen molar-refractivity contribution >= 4 is 17.6 Å². The van der Waals surface area contributed by atoms with Crippen LogP contribution in [0.15, 0.2) is 60.7 Å². The molecule has 0 spiro atoms. The molecule has 0 saturated carbocycles. The molecule has 170 valence electrons. The second kappa shape index (κ2) is 8.85. The molecule has 0 aliphatic rings. The molecule has 0 bridgehead atoms. The molecule has 0 fully saturated rings. The van der Waals surface area contributed by atoms with Crippen LogP contribution in [0, 0.1) is 17.1 Å². The Morgan fingerprint density at radius 3 is 2.12 bits per heavy atom. The van der Waals surface area contributed by atoms with Crippen LogP contribution >= 0.6 is 11.6 Å². The van der Waals surface area contributed by atoms with Crippen LogP contribution in [0.4, 0.5) is 17.6 Å². The Morgan fingerprint density at radius 1 is 1.03 bits per heavy atom. The van der Waals surface area contributed by atoms with E-state index in [9.17, 15) is 27.5 Å². The first-order valence-corrected chi connectivity index (χ1v) is 9.90. The summed E-state index contributed by atoms with van der Waals surface area (Å²) in [4.78, 5) is 11.2. The molecule has 0 aromatic heterocycles. The Morgan fingerprint density at radius 2 is 1.61 bits per heavy atom. The predicted octanol–water partition coefficient (Wildman–Crippen LogP) is 6.27. The number of carboxylic acids is 1. The van der Waals surface area contributed by atoms with Crippen molar-refractivity contribution in [3.63, 3.8) is 0 Å². The zero-order chi connectivity index (χ0) is 24.6. The van der Waals surface area contributed by atoms with E-state index in [4.69, 9.17) is 22.0 Å². The number of nitriles is 1. The lowest BCUT2D eigenvalue weighted by Gasteiger charge is -2.37. The molecule has 0 aliphatic heterocycles. The van der Waals surface area contributed by atoms with Gasteiger partial charge in [-0.25, -0.2) is 9.18 Å². The van der Waals surface area contributed by atoms with E-state index in [1.165, 1.54) is 43.3 Å². The second-order valence-electron chi connectivity index (χ2n) is 7.41. The maximum atomic E-state index is 14.1. The third-order valence-electron chi connectivity index (χ3n) is 5.51. The molecule has 3 rings (SSSR count). The summed E-state index contributed by atoms with van der Waals surface area (Å²) in [5, 5.41) is 28.8. The normalized spacial score (nSPS) is 14.2. The molecule has 2 unspecified atom stereocenters. The molecule has 0 saturated heterocycles. The number of hydrogen-bond acceptors (Lipinski definition) is 3. The van der Waals surface area contributed by atoms with Gasteiger partial charge in [0.15, 0.2) is 5.60 Å². The average Bonchev–Trinajstić information content (AvgIpc) is 2.77. The van der Waals surface area contributed by atoms with Crippen LogP contribution in [0.2, 0.25) is 5.02 Å². The lowest BCUT2D eigenvalue weighted by atomic mass is 9.77. The van der Waals surface area contributed by atoms with Crippen molar-refractivity contribution in [1.82, 2.24) is 0 Å². The van der Waals surface area contributed by atoms with Gasteiger partial charge in [-0.3, -0.25) is 0 Å². The highest BCUT2D eigenvalue weighted by atomic mass is 35.5. The topological polar surface area (TPSA) is 81.3 Å². The molecular weight excluding hydrogens is 462 g/mol. The van der Waals surface area contributed by atoms with Crippen LogP contribution in [0.3, 0.4) is 0 Å². The number of hydrogen-bond donors (Lipinski definition) is 2. The minimum atomic E-state index is -5.07. The molecule has 0 aliphatic carbocycles. The maximum absolute atomic E-state index is 14.1. The third-order valence-corrected chi connectivity index (χ3v) is 5.84. The van der Waals surface area contributed by atoms with Crippen molar-refractivity contribution in [2.75, 3.05) is 0 Å². The standard InChI is InChI=1S/C24H16ClF4NO3/c1-13(23(33,24(27,28)29)17-6-2-14(12-30)3-7-17)18-8-4-16(11-20(18)25)15-5-9-21(26)19(10-15)22(31)32/h2-11,13,33H,1H3,(H,31,32). The van der Waals surface area contributed by atoms with Crippen molar-refractivity contribution in [3.05, 3.63) is 93.8 Å². The molecule has 9 heteroatoms. The fraction of sp³-hybridized carbons (Fsp3) is 0.167. The van der Waals surface area contributed by atoms with Gasteiger partial charge in [-0.1, -0.05) is 48.9 Å². The van der Waals surface area contributed by atoms with Gasteiger partial charge in [0.25, 0.3) is 0 Å². The Balaban J connectivity index is 2.07. The van der Waals surface area contributed by atoms with Gasteiger partial charge in [-0.15, -0.1) is 0 Å². The number of carboxylic acid groups (broad SMARTS) is 1. The van der Waals surface area contributed by atoms with Gasteiger partial charge in [0, 0.05) is 10.9 Å². The van der Waals surface area contributed by atoms with Gasteiger partial charge in [-0.05, 0) is 52.6 Å². The van der Waals surface area contributed by atoms with Crippen LogP contribution in [0.1, 0.15) is 39.9 Å². The second-order valence-corrected chi connectivity index (χ2v) is 7.82. The summed E-state index contributed by atoms with van der Waals surface area (Å²) in [5.74, 6) is -3.95. The van der Waals surface area contributed by atoms with E-state index >= 15 is 0 Å².